The Kier molecular flexibility index (Phi) is 12.6. The topological polar surface area (TPSA) is 79.1 Å². The molecule has 208 valence electrons. The Hall–Kier alpha value is -1.20. The van der Waals surface area contributed by atoms with Crippen molar-refractivity contribution in [2.45, 2.75) is 155 Å². The number of hydrogen-bond acceptors (Lipinski definition) is 5. The van der Waals surface area contributed by atoms with Crippen LogP contribution in [0, 0.1) is 17.3 Å². The van der Waals surface area contributed by atoms with Crippen LogP contribution < -0.4 is 0 Å². The van der Waals surface area contributed by atoms with E-state index in [1.807, 2.05) is 13.0 Å². The van der Waals surface area contributed by atoms with Gasteiger partial charge >= 0.3 is 5.97 Å². The van der Waals surface area contributed by atoms with Gasteiger partial charge in [-0.1, -0.05) is 97.1 Å². The highest BCUT2D eigenvalue weighted by Gasteiger charge is 2.61. The lowest BCUT2D eigenvalue weighted by Crippen LogP contribution is -2.65. The van der Waals surface area contributed by atoms with Crippen molar-refractivity contribution in [3.8, 4) is 0 Å². The SMILES string of the molecule is CCCCCCCCCCCCC/C=C/[C@@H](O)[C@H](N=C1C[C@@H]2C[C@@H](C2(C)C)[C@]1(C)O)C(=O)OC(C)C. The fourth-order valence-corrected chi connectivity index (χ4v) is 6.15. The number of nitrogens with zero attached hydrogens (tertiary/aromatic N) is 1. The first kappa shape index (κ1) is 31.0. The number of unbranched alkanes of at least 4 members (excludes halogenated alkanes) is 11. The largest absolute Gasteiger partial charge is 0.461 e. The fraction of sp³-hybridized carbons (Fsp3) is 0.871. The van der Waals surface area contributed by atoms with Crippen LogP contribution in [-0.4, -0.2) is 45.7 Å². The van der Waals surface area contributed by atoms with Crippen LogP contribution in [0.5, 0.6) is 0 Å². The van der Waals surface area contributed by atoms with Crippen molar-refractivity contribution in [1.29, 1.82) is 0 Å². The van der Waals surface area contributed by atoms with Crippen LogP contribution >= 0.6 is 0 Å². The number of carbonyl (C=O) groups is 1. The first-order valence-corrected chi connectivity index (χ1v) is 14.9. The van der Waals surface area contributed by atoms with Gasteiger partial charge in [0, 0.05) is 5.71 Å². The molecule has 0 saturated heterocycles. The van der Waals surface area contributed by atoms with Crippen molar-refractivity contribution < 1.29 is 19.7 Å². The molecule has 36 heavy (non-hydrogen) atoms. The molecule has 0 unspecified atom stereocenters. The molecule has 2 bridgehead atoms. The summed E-state index contributed by atoms with van der Waals surface area (Å²) in [7, 11) is 0. The summed E-state index contributed by atoms with van der Waals surface area (Å²) in [6, 6.07) is -1.04. The molecule has 3 saturated carbocycles. The standard InChI is InChI=1S/C31H55NO4/c1-7-8-9-10-11-12-13-14-15-16-17-18-19-20-25(33)28(29(34)36-23(2)3)32-27-22-24-21-26(30(24,4)5)31(27,6)35/h19-20,23-26,28,33,35H,7-18,21-22H2,1-6H3/b20-19+,32-27?/t24-,25+,26-,28-,31-/m0/s1. The number of aliphatic hydroxyl groups excluding tert-OH is 1. The number of rotatable bonds is 17. The van der Waals surface area contributed by atoms with E-state index in [4.69, 9.17) is 4.74 Å². The first-order chi connectivity index (χ1) is 17.0. The highest BCUT2D eigenvalue weighted by Crippen LogP contribution is 2.61. The van der Waals surface area contributed by atoms with Gasteiger partial charge in [-0.3, -0.25) is 4.99 Å². The summed E-state index contributed by atoms with van der Waals surface area (Å²) in [4.78, 5) is 17.5. The Labute approximate surface area is 221 Å². The van der Waals surface area contributed by atoms with Gasteiger partial charge in [-0.05, 0) is 63.7 Å². The smallest absolute Gasteiger partial charge is 0.334 e. The van der Waals surface area contributed by atoms with Crippen LogP contribution in [0.1, 0.15) is 131 Å². The van der Waals surface area contributed by atoms with Crippen LogP contribution in [0.3, 0.4) is 0 Å². The molecule has 0 heterocycles. The summed E-state index contributed by atoms with van der Waals surface area (Å²) in [5.74, 6) is 0.0497. The second-order valence-electron chi connectivity index (χ2n) is 12.4. The Balaban J connectivity index is 1.81. The zero-order valence-electron chi connectivity index (χ0n) is 24.1. The van der Waals surface area contributed by atoms with E-state index in [1.165, 1.54) is 64.2 Å². The van der Waals surface area contributed by atoms with Crippen molar-refractivity contribution in [3.05, 3.63) is 12.2 Å². The number of ether oxygens (including phenoxy) is 1. The summed E-state index contributed by atoms with van der Waals surface area (Å²) in [5.41, 5.74) is -0.358. The van der Waals surface area contributed by atoms with Crippen LogP contribution in [0.2, 0.25) is 0 Å². The van der Waals surface area contributed by atoms with Crippen LogP contribution in [-0.2, 0) is 9.53 Å². The maximum atomic E-state index is 12.8. The van der Waals surface area contributed by atoms with E-state index in [2.05, 4.69) is 25.8 Å². The predicted molar refractivity (Wildman–Crippen MR) is 149 cm³/mol. The highest BCUT2D eigenvalue weighted by atomic mass is 16.5. The molecule has 0 amide bonds. The van der Waals surface area contributed by atoms with E-state index >= 15 is 0 Å². The lowest BCUT2D eigenvalue weighted by Gasteiger charge is -2.62. The van der Waals surface area contributed by atoms with E-state index in [1.54, 1.807) is 19.9 Å². The summed E-state index contributed by atoms with van der Waals surface area (Å²) in [5, 5.41) is 22.2. The molecule has 0 aromatic rings. The van der Waals surface area contributed by atoms with Gasteiger partial charge in [0.15, 0.2) is 6.04 Å². The van der Waals surface area contributed by atoms with Crippen molar-refractivity contribution in [3.63, 3.8) is 0 Å². The van der Waals surface area contributed by atoms with Crippen molar-refractivity contribution in [1.82, 2.24) is 0 Å². The molecule has 0 radical (unpaired) electrons. The number of fused-ring (bicyclic) bond motifs is 2. The van der Waals surface area contributed by atoms with Crippen molar-refractivity contribution >= 4 is 11.7 Å². The number of aliphatic imine (C=N–C) groups is 1. The Morgan fingerprint density at radius 2 is 1.58 bits per heavy atom. The third-order valence-corrected chi connectivity index (χ3v) is 8.69. The van der Waals surface area contributed by atoms with Gasteiger partial charge in [0.1, 0.15) is 11.7 Å². The average Bonchev–Trinajstić information content (AvgIpc) is 2.79. The molecule has 3 rings (SSSR count). The Morgan fingerprint density at radius 3 is 2.08 bits per heavy atom. The van der Waals surface area contributed by atoms with Crippen LogP contribution in [0.25, 0.3) is 0 Å². The number of hydrogen-bond donors (Lipinski definition) is 2. The molecule has 3 aliphatic rings. The zero-order valence-corrected chi connectivity index (χ0v) is 24.1. The van der Waals surface area contributed by atoms with Crippen LogP contribution in [0.4, 0.5) is 0 Å². The number of aliphatic hydroxyl groups is 2. The molecule has 0 aliphatic heterocycles. The van der Waals surface area contributed by atoms with E-state index in [-0.39, 0.29) is 17.4 Å². The third-order valence-electron chi connectivity index (χ3n) is 8.69. The minimum atomic E-state index is -1.06. The minimum Gasteiger partial charge on any atom is -0.461 e. The van der Waals surface area contributed by atoms with Gasteiger partial charge in [0.2, 0.25) is 0 Å². The summed E-state index contributed by atoms with van der Waals surface area (Å²) in [6.07, 6.45) is 19.2. The predicted octanol–water partition coefficient (Wildman–Crippen LogP) is 7.18. The summed E-state index contributed by atoms with van der Waals surface area (Å²) in [6.45, 7) is 12.1. The van der Waals surface area contributed by atoms with Gasteiger partial charge in [0.05, 0.1) is 6.10 Å². The molecule has 5 atom stereocenters. The normalized spacial score (nSPS) is 27.9. The molecule has 3 aliphatic carbocycles. The molecule has 3 fully saturated rings. The highest BCUT2D eigenvalue weighted by molar-refractivity contribution is 5.96. The molecular weight excluding hydrogens is 450 g/mol. The lowest BCUT2D eigenvalue weighted by molar-refractivity contribution is -0.151. The minimum absolute atomic E-state index is 0.0730. The van der Waals surface area contributed by atoms with Crippen molar-refractivity contribution in [2.24, 2.45) is 22.2 Å². The Bertz CT molecular complexity index is 724. The van der Waals surface area contributed by atoms with Gasteiger partial charge < -0.3 is 14.9 Å². The second-order valence-corrected chi connectivity index (χ2v) is 12.4. The van der Waals surface area contributed by atoms with E-state index in [9.17, 15) is 15.0 Å². The van der Waals surface area contributed by atoms with Gasteiger partial charge in [-0.25, -0.2) is 4.79 Å². The quantitative estimate of drug-likeness (QED) is 0.125. The van der Waals surface area contributed by atoms with E-state index in [0.29, 0.717) is 18.1 Å². The lowest BCUT2D eigenvalue weighted by atomic mass is 9.44. The number of allylic oxidation sites excluding steroid dienone is 1. The maximum absolute atomic E-state index is 12.8. The molecule has 0 spiro atoms. The summed E-state index contributed by atoms with van der Waals surface area (Å²) < 4.78 is 5.42. The van der Waals surface area contributed by atoms with E-state index in [0.717, 1.165) is 19.3 Å². The average molecular weight is 506 g/mol. The molecule has 0 aromatic heterocycles. The van der Waals surface area contributed by atoms with E-state index < -0.39 is 23.7 Å². The number of esters is 1. The third kappa shape index (κ3) is 8.68. The first-order valence-electron chi connectivity index (χ1n) is 14.9. The monoisotopic (exact) mass is 505 g/mol. The Morgan fingerprint density at radius 1 is 1.03 bits per heavy atom. The molecule has 0 aromatic carbocycles. The maximum Gasteiger partial charge on any atom is 0.334 e. The van der Waals surface area contributed by atoms with Gasteiger partial charge in [-0.15, -0.1) is 0 Å². The van der Waals surface area contributed by atoms with Crippen molar-refractivity contribution in [2.75, 3.05) is 0 Å². The fourth-order valence-electron chi connectivity index (χ4n) is 6.15. The van der Waals surface area contributed by atoms with Gasteiger partial charge in [-0.2, -0.15) is 0 Å². The summed E-state index contributed by atoms with van der Waals surface area (Å²) >= 11 is 0. The second kappa shape index (κ2) is 14.7. The van der Waals surface area contributed by atoms with Crippen LogP contribution in [0.15, 0.2) is 17.1 Å². The zero-order chi connectivity index (χ0) is 26.8. The molecule has 5 nitrogen and oxygen atoms in total. The molecule has 5 heteroatoms. The van der Waals surface area contributed by atoms with Gasteiger partial charge in [0.25, 0.3) is 0 Å². The molecular formula is C31H55NO4. The number of carbonyl (C=O) groups excluding carboxylic acids is 1. The molecule has 2 N–H and O–H groups in total.